The van der Waals surface area contributed by atoms with E-state index in [1.165, 1.54) is 24.0 Å². The summed E-state index contributed by atoms with van der Waals surface area (Å²) in [5.74, 6) is 1.98. The Bertz CT molecular complexity index is 789. The van der Waals surface area contributed by atoms with Gasteiger partial charge in [0, 0.05) is 37.7 Å². The zero-order chi connectivity index (χ0) is 19.2. The minimum Gasteiger partial charge on any atom is -0.508 e. The first-order chi connectivity index (χ1) is 13.2. The number of guanidine groups is 1. The van der Waals surface area contributed by atoms with E-state index in [9.17, 15) is 5.11 Å². The van der Waals surface area contributed by atoms with Crippen LogP contribution in [0.1, 0.15) is 60.4 Å². The van der Waals surface area contributed by atoms with Crippen LogP contribution >= 0.6 is 0 Å². The Kier molecular flexibility index (Phi) is 6.37. The number of fused-ring (bicyclic) bond motifs is 1. The molecule has 0 aliphatic heterocycles. The Hall–Kier alpha value is -2.50. The second kappa shape index (κ2) is 8.93. The van der Waals surface area contributed by atoms with Crippen molar-refractivity contribution in [2.75, 3.05) is 7.05 Å². The normalized spacial score (nSPS) is 14.1. The summed E-state index contributed by atoms with van der Waals surface area (Å²) in [5, 5.41) is 21.2. The third-order valence-corrected chi connectivity index (χ3v) is 5.32. The maximum Gasteiger partial charge on any atom is 0.191 e. The van der Waals surface area contributed by atoms with Gasteiger partial charge >= 0.3 is 0 Å². The van der Waals surface area contributed by atoms with Gasteiger partial charge in [-0.3, -0.25) is 4.99 Å². The van der Waals surface area contributed by atoms with Crippen LogP contribution in [0.5, 0.6) is 5.75 Å². The van der Waals surface area contributed by atoms with Crippen molar-refractivity contribution in [2.45, 2.75) is 65.5 Å². The number of phenols is 1. The third kappa shape index (κ3) is 4.26. The molecule has 0 atom stereocenters. The molecule has 1 aromatic carbocycles. The summed E-state index contributed by atoms with van der Waals surface area (Å²) in [6.45, 7) is 5.32. The molecule has 2 aromatic rings. The summed E-state index contributed by atoms with van der Waals surface area (Å²) in [6, 6.07) is 3.88. The highest BCUT2D eigenvalue weighted by atomic mass is 16.5. The standard InChI is InChI=1S/C21H30N4O2/c1-4-18-17(20(5-2)27-25-18)13-24-21(22-3)23-12-16-15-9-7-6-8-14(15)10-11-19(16)26/h10-11,26H,4-9,12-13H2,1-3H3,(H2,22,23,24). The van der Waals surface area contributed by atoms with E-state index in [0.717, 1.165) is 48.3 Å². The van der Waals surface area contributed by atoms with Gasteiger partial charge in [-0.25, -0.2) is 0 Å². The van der Waals surface area contributed by atoms with Crippen LogP contribution < -0.4 is 10.6 Å². The van der Waals surface area contributed by atoms with Gasteiger partial charge in [-0.05, 0) is 49.3 Å². The summed E-state index contributed by atoms with van der Waals surface area (Å²) < 4.78 is 5.43. The number of aromatic hydroxyl groups is 1. The van der Waals surface area contributed by atoms with Crippen LogP contribution in [0.4, 0.5) is 0 Å². The van der Waals surface area contributed by atoms with Gasteiger partial charge in [0.25, 0.3) is 0 Å². The van der Waals surface area contributed by atoms with Crippen molar-refractivity contribution in [1.29, 1.82) is 0 Å². The molecule has 27 heavy (non-hydrogen) atoms. The van der Waals surface area contributed by atoms with Crippen molar-refractivity contribution < 1.29 is 9.63 Å². The van der Waals surface area contributed by atoms with Gasteiger partial charge in [-0.2, -0.15) is 0 Å². The predicted molar refractivity (Wildman–Crippen MR) is 107 cm³/mol. The van der Waals surface area contributed by atoms with Crippen LogP contribution in [-0.4, -0.2) is 23.3 Å². The molecule has 6 nitrogen and oxygen atoms in total. The fourth-order valence-corrected chi connectivity index (χ4v) is 3.79. The molecule has 1 aromatic heterocycles. The van der Waals surface area contributed by atoms with E-state index in [2.05, 4.69) is 40.7 Å². The predicted octanol–water partition coefficient (Wildman–Crippen LogP) is 3.25. The van der Waals surface area contributed by atoms with Gasteiger partial charge in [-0.1, -0.05) is 25.1 Å². The Morgan fingerprint density at radius 2 is 1.85 bits per heavy atom. The van der Waals surface area contributed by atoms with Crippen LogP contribution in [0.3, 0.4) is 0 Å². The number of benzene rings is 1. The molecule has 6 heteroatoms. The minimum atomic E-state index is 0.360. The van der Waals surface area contributed by atoms with Crippen molar-refractivity contribution in [3.05, 3.63) is 45.8 Å². The number of nitrogens with one attached hydrogen (secondary N) is 2. The average molecular weight is 370 g/mol. The molecule has 0 amide bonds. The first-order valence-corrected chi connectivity index (χ1v) is 9.91. The fraction of sp³-hybridized carbons (Fsp3) is 0.524. The van der Waals surface area contributed by atoms with E-state index in [1.807, 2.05) is 6.07 Å². The van der Waals surface area contributed by atoms with E-state index in [0.29, 0.717) is 24.8 Å². The Balaban J connectivity index is 1.66. The monoisotopic (exact) mass is 370 g/mol. The fourth-order valence-electron chi connectivity index (χ4n) is 3.79. The van der Waals surface area contributed by atoms with E-state index < -0.39 is 0 Å². The minimum absolute atomic E-state index is 0.360. The van der Waals surface area contributed by atoms with Gasteiger partial charge in [0.15, 0.2) is 5.96 Å². The van der Waals surface area contributed by atoms with Crippen LogP contribution in [0.25, 0.3) is 0 Å². The highest BCUT2D eigenvalue weighted by molar-refractivity contribution is 5.79. The lowest BCUT2D eigenvalue weighted by Gasteiger charge is -2.21. The lowest BCUT2D eigenvalue weighted by atomic mass is 9.88. The van der Waals surface area contributed by atoms with Gasteiger partial charge in [0.05, 0.1) is 5.69 Å². The van der Waals surface area contributed by atoms with Crippen LogP contribution in [-0.2, 0) is 38.8 Å². The summed E-state index contributed by atoms with van der Waals surface area (Å²) >= 11 is 0. The molecule has 1 aliphatic rings. The van der Waals surface area contributed by atoms with Crippen LogP contribution in [0, 0.1) is 0 Å². The molecule has 0 saturated carbocycles. The second-order valence-corrected chi connectivity index (χ2v) is 6.93. The van der Waals surface area contributed by atoms with Crippen molar-refractivity contribution >= 4 is 5.96 Å². The van der Waals surface area contributed by atoms with Gasteiger partial charge in [0.2, 0.25) is 0 Å². The molecule has 0 spiro atoms. The molecular formula is C21H30N4O2. The van der Waals surface area contributed by atoms with Crippen molar-refractivity contribution in [3.63, 3.8) is 0 Å². The maximum absolute atomic E-state index is 10.3. The Morgan fingerprint density at radius 3 is 2.56 bits per heavy atom. The second-order valence-electron chi connectivity index (χ2n) is 6.93. The zero-order valence-electron chi connectivity index (χ0n) is 16.6. The van der Waals surface area contributed by atoms with Crippen LogP contribution in [0.15, 0.2) is 21.6 Å². The molecule has 146 valence electrons. The summed E-state index contributed by atoms with van der Waals surface area (Å²) in [4.78, 5) is 4.32. The molecule has 0 fully saturated rings. The van der Waals surface area contributed by atoms with Crippen LogP contribution in [0.2, 0.25) is 0 Å². The number of phenolic OH excluding ortho intramolecular Hbond substituents is 1. The highest BCUT2D eigenvalue weighted by Crippen LogP contribution is 2.30. The lowest BCUT2D eigenvalue weighted by Crippen LogP contribution is -2.37. The summed E-state index contributed by atoms with van der Waals surface area (Å²) in [5.41, 5.74) is 5.75. The number of aryl methyl sites for hydroxylation is 3. The molecular weight excluding hydrogens is 340 g/mol. The average Bonchev–Trinajstić information content (AvgIpc) is 3.11. The molecule has 0 unspecified atom stereocenters. The smallest absolute Gasteiger partial charge is 0.191 e. The molecule has 3 N–H and O–H groups in total. The first kappa shape index (κ1) is 19.3. The highest BCUT2D eigenvalue weighted by Gasteiger charge is 2.17. The molecule has 1 aliphatic carbocycles. The van der Waals surface area contributed by atoms with E-state index in [1.54, 1.807) is 7.05 Å². The van der Waals surface area contributed by atoms with Gasteiger partial charge in [-0.15, -0.1) is 0 Å². The van der Waals surface area contributed by atoms with Crippen molar-refractivity contribution in [1.82, 2.24) is 15.8 Å². The summed E-state index contributed by atoms with van der Waals surface area (Å²) in [7, 11) is 1.75. The molecule has 0 saturated heterocycles. The number of aliphatic imine (C=N–C) groups is 1. The molecule has 1 heterocycles. The van der Waals surface area contributed by atoms with Crippen molar-refractivity contribution in [2.24, 2.45) is 4.99 Å². The first-order valence-electron chi connectivity index (χ1n) is 9.91. The Morgan fingerprint density at radius 1 is 1.11 bits per heavy atom. The molecule has 0 radical (unpaired) electrons. The number of rotatable bonds is 6. The quantitative estimate of drug-likeness (QED) is 0.537. The largest absolute Gasteiger partial charge is 0.508 e. The lowest BCUT2D eigenvalue weighted by molar-refractivity contribution is 0.380. The molecule has 3 rings (SSSR count). The van der Waals surface area contributed by atoms with Gasteiger partial charge in [0.1, 0.15) is 11.5 Å². The number of nitrogens with zero attached hydrogens (tertiary/aromatic N) is 2. The summed E-state index contributed by atoms with van der Waals surface area (Å²) in [6.07, 6.45) is 6.21. The Labute approximate surface area is 161 Å². The maximum atomic E-state index is 10.3. The molecule has 0 bridgehead atoms. The van der Waals surface area contributed by atoms with Crippen molar-refractivity contribution in [3.8, 4) is 5.75 Å². The topological polar surface area (TPSA) is 82.7 Å². The number of hydrogen-bond donors (Lipinski definition) is 3. The van der Waals surface area contributed by atoms with Gasteiger partial charge < -0.3 is 20.3 Å². The zero-order valence-corrected chi connectivity index (χ0v) is 16.6. The van der Waals surface area contributed by atoms with E-state index >= 15 is 0 Å². The third-order valence-electron chi connectivity index (χ3n) is 5.32. The van der Waals surface area contributed by atoms with E-state index in [4.69, 9.17) is 4.52 Å². The SMILES string of the molecule is CCc1noc(CC)c1CNC(=NC)NCc1c(O)ccc2c1CCCC2. The number of aromatic nitrogens is 1. The number of hydrogen-bond acceptors (Lipinski definition) is 4. The van der Waals surface area contributed by atoms with E-state index in [-0.39, 0.29) is 0 Å².